The Kier molecular flexibility index (Phi) is 8.74. The Hall–Kier alpha value is -0.120. The van der Waals surface area contributed by atoms with Crippen LogP contribution in [-0.2, 0) is 0 Å². The fourth-order valence-corrected chi connectivity index (χ4v) is 3.69. The smallest absolute Gasteiger partial charge is 0.0248 e. The van der Waals surface area contributed by atoms with Crippen LogP contribution in [0.5, 0.6) is 0 Å². The maximum Gasteiger partial charge on any atom is 0.0248 e. The highest BCUT2D eigenvalue weighted by Gasteiger charge is 2.31. The molecule has 20 heavy (non-hydrogen) atoms. The molecule has 0 aromatic carbocycles. The van der Waals surface area contributed by atoms with Crippen molar-refractivity contribution in [3.05, 3.63) is 0 Å². The van der Waals surface area contributed by atoms with Crippen molar-refractivity contribution < 1.29 is 0 Å². The summed E-state index contributed by atoms with van der Waals surface area (Å²) in [6.45, 7) is 8.09. The molecule has 3 unspecified atom stereocenters. The van der Waals surface area contributed by atoms with E-state index >= 15 is 0 Å². The molecule has 1 fully saturated rings. The maximum absolute atomic E-state index is 3.73. The average molecular weight is 284 g/mol. The Morgan fingerprint density at radius 3 is 2.40 bits per heavy atom. The van der Waals surface area contributed by atoms with Gasteiger partial charge >= 0.3 is 0 Å². The molecule has 120 valence electrons. The zero-order valence-corrected chi connectivity index (χ0v) is 14.5. The van der Waals surface area contributed by atoms with Gasteiger partial charge in [-0.25, -0.2) is 0 Å². The molecule has 3 nitrogen and oxygen atoms in total. The molecule has 0 aromatic rings. The van der Waals surface area contributed by atoms with E-state index in [0.29, 0.717) is 6.04 Å². The third kappa shape index (κ3) is 6.11. The molecule has 3 heteroatoms. The second-order valence-electron chi connectivity index (χ2n) is 6.84. The Labute approximate surface area is 127 Å². The fourth-order valence-electron chi connectivity index (χ4n) is 3.69. The van der Waals surface area contributed by atoms with E-state index in [1.165, 1.54) is 51.6 Å². The van der Waals surface area contributed by atoms with Crippen molar-refractivity contribution in [2.24, 2.45) is 5.92 Å². The van der Waals surface area contributed by atoms with Gasteiger partial charge in [-0.3, -0.25) is 0 Å². The topological polar surface area (TPSA) is 18.5 Å². The van der Waals surface area contributed by atoms with E-state index in [4.69, 9.17) is 0 Å². The lowest BCUT2D eigenvalue weighted by atomic mass is 9.79. The van der Waals surface area contributed by atoms with Gasteiger partial charge in [-0.05, 0) is 72.4 Å². The van der Waals surface area contributed by atoms with Gasteiger partial charge in [-0.15, -0.1) is 0 Å². The second-order valence-corrected chi connectivity index (χ2v) is 6.84. The first-order chi connectivity index (χ1) is 9.58. The molecule has 0 aliphatic heterocycles. The van der Waals surface area contributed by atoms with Crippen molar-refractivity contribution >= 4 is 0 Å². The van der Waals surface area contributed by atoms with E-state index in [-0.39, 0.29) is 0 Å². The molecule has 0 amide bonds. The summed E-state index contributed by atoms with van der Waals surface area (Å²) in [4.78, 5) is 4.91. The van der Waals surface area contributed by atoms with Crippen molar-refractivity contribution in [2.75, 3.05) is 40.8 Å². The average Bonchev–Trinajstić information content (AvgIpc) is 2.40. The molecule has 0 spiro atoms. The van der Waals surface area contributed by atoms with Crippen LogP contribution in [0.15, 0.2) is 0 Å². The first-order valence-electron chi connectivity index (χ1n) is 8.66. The molecule has 1 rings (SSSR count). The van der Waals surface area contributed by atoms with Crippen molar-refractivity contribution in [3.63, 3.8) is 0 Å². The van der Waals surface area contributed by atoms with Gasteiger partial charge in [0.15, 0.2) is 0 Å². The summed E-state index contributed by atoms with van der Waals surface area (Å²) in [5.74, 6) is 0.955. The SMILES string of the molecule is CCCC1CCC(NCC)C(N(C)CCCN(C)C)C1. The molecule has 3 atom stereocenters. The van der Waals surface area contributed by atoms with E-state index in [1.807, 2.05) is 0 Å². The molecule has 0 heterocycles. The highest BCUT2D eigenvalue weighted by molar-refractivity contribution is 4.90. The third-order valence-electron chi connectivity index (χ3n) is 4.77. The van der Waals surface area contributed by atoms with Crippen molar-refractivity contribution in [1.82, 2.24) is 15.1 Å². The minimum atomic E-state index is 0.706. The van der Waals surface area contributed by atoms with Gasteiger partial charge in [0.1, 0.15) is 0 Å². The first-order valence-corrected chi connectivity index (χ1v) is 8.66. The number of hydrogen-bond donors (Lipinski definition) is 1. The lowest BCUT2D eigenvalue weighted by molar-refractivity contribution is 0.113. The number of rotatable bonds is 9. The molecule has 0 saturated heterocycles. The minimum Gasteiger partial charge on any atom is -0.313 e. The third-order valence-corrected chi connectivity index (χ3v) is 4.77. The van der Waals surface area contributed by atoms with Gasteiger partial charge in [0.05, 0.1) is 0 Å². The standard InChI is InChI=1S/C17H37N3/c1-6-9-15-10-11-16(18-7-2)17(14-15)20(5)13-8-12-19(3)4/h15-18H,6-14H2,1-5H3. The van der Waals surface area contributed by atoms with Crippen LogP contribution < -0.4 is 5.32 Å². The summed E-state index contributed by atoms with van der Waals surface area (Å²) >= 11 is 0. The fraction of sp³-hybridized carbons (Fsp3) is 1.00. The van der Waals surface area contributed by atoms with Gasteiger partial charge < -0.3 is 15.1 Å². The van der Waals surface area contributed by atoms with E-state index in [1.54, 1.807) is 0 Å². The number of likely N-dealkylation sites (N-methyl/N-ethyl adjacent to an activating group) is 2. The minimum absolute atomic E-state index is 0.706. The van der Waals surface area contributed by atoms with Crippen molar-refractivity contribution in [1.29, 1.82) is 0 Å². The van der Waals surface area contributed by atoms with E-state index in [9.17, 15) is 0 Å². The molecule has 1 saturated carbocycles. The molecular weight excluding hydrogens is 246 g/mol. The first kappa shape index (κ1) is 17.9. The van der Waals surface area contributed by atoms with Crippen LogP contribution in [0.4, 0.5) is 0 Å². The van der Waals surface area contributed by atoms with Crippen LogP contribution in [0.2, 0.25) is 0 Å². The molecule has 1 N–H and O–H groups in total. The van der Waals surface area contributed by atoms with Gasteiger partial charge in [0.2, 0.25) is 0 Å². The monoisotopic (exact) mass is 283 g/mol. The van der Waals surface area contributed by atoms with E-state index < -0.39 is 0 Å². The summed E-state index contributed by atoms with van der Waals surface area (Å²) in [5, 5.41) is 3.73. The Bertz CT molecular complexity index is 242. The van der Waals surface area contributed by atoms with Crippen LogP contribution in [0.1, 0.15) is 52.4 Å². The van der Waals surface area contributed by atoms with Crippen LogP contribution in [-0.4, -0.2) is 62.7 Å². The summed E-state index contributed by atoms with van der Waals surface area (Å²) in [5.41, 5.74) is 0. The van der Waals surface area contributed by atoms with Gasteiger partial charge in [-0.2, -0.15) is 0 Å². The van der Waals surface area contributed by atoms with Crippen LogP contribution in [0.3, 0.4) is 0 Å². The van der Waals surface area contributed by atoms with Gasteiger partial charge in [-0.1, -0.05) is 26.7 Å². The maximum atomic E-state index is 3.73. The predicted molar refractivity (Wildman–Crippen MR) is 89.3 cm³/mol. The second kappa shape index (κ2) is 9.75. The Balaban J connectivity index is 2.48. The highest BCUT2D eigenvalue weighted by atomic mass is 15.2. The highest BCUT2D eigenvalue weighted by Crippen LogP contribution is 2.30. The summed E-state index contributed by atoms with van der Waals surface area (Å²) in [6, 6.07) is 1.44. The summed E-state index contributed by atoms with van der Waals surface area (Å²) in [7, 11) is 6.66. The number of nitrogens with zero attached hydrogens (tertiary/aromatic N) is 2. The zero-order valence-electron chi connectivity index (χ0n) is 14.5. The molecule has 0 aromatic heterocycles. The van der Waals surface area contributed by atoms with E-state index in [2.05, 4.69) is 50.1 Å². The van der Waals surface area contributed by atoms with E-state index in [0.717, 1.165) is 18.5 Å². The Morgan fingerprint density at radius 2 is 1.80 bits per heavy atom. The lowest BCUT2D eigenvalue weighted by Crippen LogP contribution is -2.52. The van der Waals surface area contributed by atoms with Crippen molar-refractivity contribution in [3.8, 4) is 0 Å². The van der Waals surface area contributed by atoms with Gasteiger partial charge in [0, 0.05) is 12.1 Å². The van der Waals surface area contributed by atoms with Crippen molar-refractivity contribution in [2.45, 2.75) is 64.5 Å². The summed E-state index contributed by atoms with van der Waals surface area (Å²) < 4.78 is 0. The largest absolute Gasteiger partial charge is 0.313 e. The molecule has 1 aliphatic rings. The number of nitrogens with one attached hydrogen (secondary N) is 1. The van der Waals surface area contributed by atoms with Crippen LogP contribution in [0, 0.1) is 5.92 Å². The molecule has 0 radical (unpaired) electrons. The number of hydrogen-bond acceptors (Lipinski definition) is 3. The molecule has 1 aliphatic carbocycles. The zero-order chi connectivity index (χ0) is 15.0. The molecular formula is C17H37N3. The van der Waals surface area contributed by atoms with Crippen LogP contribution in [0.25, 0.3) is 0 Å². The summed E-state index contributed by atoms with van der Waals surface area (Å²) in [6.07, 6.45) is 8.21. The quantitative estimate of drug-likeness (QED) is 0.702. The normalized spacial score (nSPS) is 27.4. The predicted octanol–water partition coefficient (Wildman–Crippen LogP) is 2.82. The lowest BCUT2D eigenvalue weighted by Gasteiger charge is -2.42. The Morgan fingerprint density at radius 1 is 1.05 bits per heavy atom. The molecule has 0 bridgehead atoms. The van der Waals surface area contributed by atoms with Gasteiger partial charge in [0.25, 0.3) is 0 Å². The van der Waals surface area contributed by atoms with Crippen LogP contribution >= 0.6 is 0 Å².